The maximum atomic E-state index is 15.5. The van der Waals surface area contributed by atoms with Crippen molar-refractivity contribution >= 4 is 20.9 Å². The molecule has 0 saturated carbocycles. The van der Waals surface area contributed by atoms with E-state index in [1.54, 1.807) is 34.9 Å². The van der Waals surface area contributed by atoms with Crippen LogP contribution in [0.1, 0.15) is 70.3 Å². The molecule has 0 aliphatic carbocycles. The Hall–Kier alpha value is -2.33. The number of halogens is 1. The highest BCUT2D eigenvalue weighted by Crippen LogP contribution is 2.37. The fourth-order valence-electron chi connectivity index (χ4n) is 7.98. The lowest BCUT2D eigenvalue weighted by atomic mass is 9.84. The number of sulfone groups is 1. The van der Waals surface area contributed by atoms with Crippen LogP contribution in [0.3, 0.4) is 0 Å². The minimum atomic E-state index is -3.28. The highest BCUT2D eigenvalue weighted by molar-refractivity contribution is 7.90. The molecule has 0 spiro atoms. The minimum absolute atomic E-state index is 0.251. The molecular weight excluding hydrogens is 551 g/mol. The molecule has 42 heavy (non-hydrogen) atoms. The van der Waals surface area contributed by atoms with E-state index in [0.717, 1.165) is 63.1 Å². The number of hydrogen-bond donors (Lipinski definition) is 0. The summed E-state index contributed by atoms with van der Waals surface area (Å²) in [7, 11) is -1.47. The highest BCUT2D eigenvalue weighted by atomic mass is 32.2. The van der Waals surface area contributed by atoms with Gasteiger partial charge in [-0.2, -0.15) is 0 Å². The second-order valence-corrected chi connectivity index (χ2v) is 14.8. The fourth-order valence-corrected chi connectivity index (χ4v) is 8.62. The predicted octanol–water partition coefficient (Wildman–Crippen LogP) is 5.77. The van der Waals surface area contributed by atoms with E-state index in [2.05, 4.69) is 29.7 Å². The molecule has 0 N–H and O–H groups in total. The summed E-state index contributed by atoms with van der Waals surface area (Å²) >= 11 is 0. The zero-order chi connectivity index (χ0) is 29.6. The summed E-state index contributed by atoms with van der Waals surface area (Å²) in [5, 5.41) is 0. The van der Waals surface area contributed by atoms with Gasteiger partial charge in [0.1, 0.15) is 17.2 Å². The number of hydrogen-bond acceptors (Lipinski definition) is 6. The van der Waals surface area contributed by atoms with E-state index in [0.29, 0.717) is 46.9 Å². The molecule has 3 aliphatic heterocycles. The maximum Gasteiger partial charge on any atom is 0.175 e. The average Bonchev–Trinajstić information content (AvgIpc) is 3.33. The van der Waals surface area contributed by atoms with Gasteiger partial charge in [-0.05, 0) is 113 Å². The van der Waals surface area contributed by atoms with Crippen molar-refractivity contribution in [2.24, 2.45) is 7.05 Å². The van der Waals surface area contributed by atoms with Gasteiger partial charge in [-0.15, -0.1) is 0 Å². The van der Waals surface area contributed by atoms with Crippen molar-refractivity contribution in [3.63, 3.8) is 0 Å². The molecule has 3 unspecified atom stereocenters. The van der Waals surface area contributed by atoms with E-state index >= 15 is 4.39 Å². The summed E-state index contributed by atoms with van der Waals surface area (Å²) in [6, 6.07) is 12.9. The molecule has 3 atom stereocenters. The number of rotatable bonds is 6. The van der Waals surface area contributed by atoms with Gasteiger partial charge < -0.3 is 14.2 Å². The van der Waals surface area contributed by atoms with Gasteiger partial charge in [0, 0.05) is 56.2 Å². The first-order chi connectivity index (χ1) is 20.1. The van der Waals surface area contributed by atoms with E-state index < -0.39 is 9.84 Å². The SMILES string of the molecule is CCC1CC(N2CCC(c3cc(F)c4c(c3)nc(-c3ccc(S(C)(=O)=O)cc3)n4C)CC2)CC(C)N1C1CCOCC1. The van der Waals surface area contributed by atoms with Crippen LogP contribution < -0.4 is 0 Å². The molecule has 3 aromatic rings. The van der Waals surface area contributed by atoms with Gasteiger partial charge in [0.05, 0.1) is 10.4 Å². The first kappa shape index (κ1) is 29.7. The molecular formula is C33H45FN4O3S. The van der Waals surface area contributed by atoms with Crippen LogP contribution in [0.2, 0.25) is 0 Å². The third kappa shape index (κ3) is 5.77. The lowest BCUT2D eigenvalue weighted by Crippen LogP contribution is -2.58. The van der Waals surface area contributed by atoms with Crippen LogP contribution in [0, 0.1) is 5.82 Å². The summed E-state index contributed by atoms with van der Waals surface area (Å²) in [5.74, 6) is 0.697. The van der Waals surface area contributed by atoms with Crippen LogP contribution in [-0.2, 0) is 21.6 Å². The molecule has 3 fully saturated rings. The van der Waals surface area contributed by atoms with Crippen molar-refractivity contribution in [3.8, 4) is 11.4 Å². The van der Waals surface area contributed by atoms with Gasteiger partial charge >= 0.3 is 0 Å². The second-order valence-electron chi connectivity index (χ2n) is 12.8. The Labute approximate surface area is 250 Å². The Morgan fingerprint density at radius 3 is 2.33 bits per heavy atom. The van der Waals surface area contributed by atoms with Crippen molar-refractivity contribution in [1.82, 2.24) is 19.4 Å². The van der Waals surface area contributed by atoms with Crippen LogP contribution in [0.25, 0.3) is 22.4 Å². The van der Waals surface area contributed by atoms with E-state index in [4.69, 9.17) is 9.72 Å². The van der Waals surface area contributed by atoms with Gasteiger partial charge in [0.25, 0.3) is 0 Å². The topological polar surface area (TPSA) is 67.7 Å². The zero-order valence-corrected chi connectivity index (χ0v) is 26.2. The molecule has 4 heterocycles. The molecule has 7 nitrogen and oxygen atoms in total. The molecule has 0 bridgehead atoms. The van der Waals surface area contributed by atoms with Crippen molar-refractivity contribution in [2.45, 2.75) is 93.8 Å². The van der Waals surface area contributed by atoms with Crippen LogP contribution in [0.15, 0.2) is 41.3 Å². The molecule has 3 aliphatic rings. The van der Waals surface area contributed by atoms with Crippen LogP contribution in [-0.4, -0.2) is 84.5 Å². The zero-order valence-electron chi connectivity index (χ0n) is 25.4. The lowest BCUT2D eigenvalue weighted by molar-refractivity contribution is -0.0440. The van der Waals surface area contributed by atoms with Gasteiger partial charge in [-0.25, -0.2) is 17.8 Å². The molecule has 0 radical (unpaired) electrons. The summed E-state index contributed by atoms with van der Waals surface area (Å²) in [5.41, 5.74) is 2.93. The Balaban J connectivity index is 1.14. The molecule has 3 saturated heterocycles. The summed E-state index contributed by atoms with van der Waals surface area (Å²) in [6.07, 6.45) is 9.23. The average molecular weight is 597 g/mol. The Kier molecular flexibility index (Phi) is 8.48. The second kappa shape index (κ2) is 12.0. The van der Waals surface area contributed by atoms with Gasteiger partial charge in [0.2, 0.25) is 0 Å². The first-order valence-corrected chi connectivity index (χ1v) is 17.6. The highest BCUT2D eigenvalue weighted by Gasteiger charge is 2.39. The number of piperidine rings is 2. The van der Waals surface area contributed by atoms with Crippen molar-refractivity contribution in [3.05, 3.63) is 47.8 Å². The number of aromatic nitrogens is 2. The quantitative estimate of drug-likeness (QED) is 0.360. The monoisotopic (exact) mass is 596 g/mol. The third-order valence-electron chi connectivity index (χ3n) is 10.2. The molecule has 2 aromatic carbocycles. The number of fused-ring (bicyclic) bond motifs is 1. The van der Waals surface area contributed by atoms with Crippen LogP contribution >= 0.6 is 0 Å². The Morgan fingerprint density at radius 2 is 1.69 bits per heavy atom. The standard InChI is InChI=1S/C33H45FN4O3S/c1-5-26-21-28(18-22(2)38(26)27-12-16-41-17-13-27)37-14-10-23(11-15-37)25-19-30(34)32-31(20-25)35-33(36(32)3)24-6-8-29(9-7-24)42(4,39)40/h6-9,19-20,22-23,26-28H,5,10-18,21H2,1-4H3. The van der Waals surface area contributed by atoms with E-state index in [9.17, 15) is 8.42 Å². The van der Waals surface area contributed by atoms with E-state index in [-0.39, 0.29) is 10.7 Å². The lowest BCUT2D eigenvalue weighted by Gasteiger charge is -2.51. The summed E-state index contributed by atoms with van der Waals surface area (Å²) in [4.78, 5) is 10.6. The van der Waals surface area contributed by atoms with Crippen molar-refractivity contribution < 1.29 is 17.5 Å². The third-order valence-corrected chi connectivity index (χ3v) is 11.3. The Bertz CT molecular complexity index is 1510. The van der Waals surface area contributed by atoms with Gasteiger partial charge in [-0.1, -0.05) is 6.92 Å². The number of likely N-dealkylation sites (tertiary alicyclic amines) is 2. The predicted molar refractivity (Wildman–Crippen MR) is 165 cm³/mol. The maximum absolute atomic E-state index is 15.5. The van der Waals surface area contributed by atoms with Crippen LogP contribution in [0.4, 0.5) is 4.39 Å². The van der Waals surface area contributed by atoms with Crippen molar-refractivity contribution in [1.29, 1.82) is 0 Å². The van der Waals surface area contributed by atoms with Gasteiger partial charge in [0.15, 0.2) is 9.84 Å². The van der Waals surface area contributed by atoms with Crippen molar-refractivity contribution in [2.75, 3.05) is 32.6 Å². The summed E-state index contributed by atoms with van der Waals surface area (Å²) in [6.45, 7) is 8.66. The Morgan fingerprint density at radius 1 is 1.00 bits per heavy atom. The number of nitrogens with zero attached hydrogens (tertiary/aromatic N) is 4. The van der Waals surface area contributed by atoms with E-state index in [1.165, 1.54) is 25.5 Å². The first-order valence-electron chi connectivity index (χ1n) is 15.7. The largest absolute Gasteiger partial charge is 0.381 e. The summed E-state index contributed by atoms with van der Waals surface area (Å²) < 4.78 is 46.7. The smallest absolute Gasteiger partial charge is 0.175 e. The molecule has 1 aromatic heterocycles. The number of imidazole rings is 1. The number of aryl methyl sites for hydroxylation is 1. The fraction of sp³-hybridized carbons (Fsp3) is 0.606. The molecule has 0 amide bonds. The number of ether oxygens (including phenoxy) is 1. The minimum Gasteiger partial charge on any atom is -0.381 e. The van der Waals surface area contributed by atoms with Gasteiger partial charge in [-0.3, -0.25) is 4.90 Å². The molecule has 9 heteroatoms. The molecule has 6 rings (SSSR count). The molecule has 228 valence electrons. The number of benzene rings is 2. The van der Waals surface area contributed by atoms with E-state index in [1.807, 2.05) is 7.05 Å². The normalized spacial score (nSPS) is 25.8. The van der Waals surface area contributed by atoms with Crippen LogP contribution in [0.5, 0.6) is 0 Å².